The normalized spacial score (nSPS) is 21.8. The molecule has 1 heterocycles. The number of amides is 3. The summed E-state index contributed by atoms with van der Waals surface area (Å²) in [4.78, 5) is 27.9. The summed E-state index contributed by atoms with van der Waals surface area (Å²) < 4.78 is 13.4. The van der Waals surface area contributed by atoms with Crippen LogP contribution in [0.5, 0.6) is 0 Å². The van der Waals surface area contributed by atoms with Crippen LogP contribution >= 0.6 is 0 Å². The van der Waals surface area contributed by atoms with Crippen molar-refractivity contribution in [3.63, 3.8) is 0 Å². The molecule has 1 aromatic carbocycles. The number of urea groups is 1. The molecule has 1 aliphatic carbocycles. The van der Waals surface area contributed by atoms with Crippen LogP contribution in [0, 0.1) is 5.82 Å². The van der Waals surface area contributed by atoms with Gasteiger partial charge in [-0.3, -0.25) is 4.79 Å². The third-order valence-corrected chi connectivity index (χ3v) is 5.02. The van der Waals surface area contributed by atoms with Gasteiger partial charge in [0, 0.05) is 31.7 Å². The lowest BCUT2D eigenvalue weighted by Gasteiger charge is -2.32. The first-order chi connectivity index (χ1) is 11.5. The summed E-state index contributed by atoms with van der Waals surface area (Å²) in [5.41, 5.74) is 0.539. The molecule has 0 radical (unpaired) electrons. The Morgan fingerprint density at radius 2 is 2.04 bits per heavy atom. The molecule has 130 valence electrons. The van der Waals surface area contributed by atoms with Gasteiger partial charge in [-0.05, 0) is 31.0 Å². The molecule has 0 aromatic heterocycles. The van der Waals surface area contributed by atoms with E-state index >= 15 is 0 Å². The van der Waals surface area contributed by atoms with Crippen LogP contribution in [0.15, 0.2) is 24.3 Å². The fourth-order valence-corrected chi connectivity index (χ4v) is 3.61. The minimum atomic E-state index is -0.371. The van der Waals surface area contributed by atoms with Crippen LogP contribution in [-0.4, -0.2) is 42.5 Å². The maximum Gasteiger partial charge on any atom is 0.317 e. The van der Waals surface area contributed by atoms with Crippen molar-refractivity contribution in [2.45, 2.75) is 50.6 Å². The third kappa shape index (κ3) is 3.68. The number of benzene rings is 1. The molecule has 0 unspecified atom stereocenters. The second kappa shape index (κ2) is 7.20. The standard InChI is InChI=1S/C18H24FN3O2/c1-21(15-7-3-2-4-8-15)18(24)20-14-11-17(23)22(12-14)16-9-5-6-13(19)10-16/h5-6,9-10,14-15H,2-4,7-8,11-12H2,1H3,(H,20,24)/t14-/m0/s1. The molecule has 2 aliphatic rings. The highest BCUT2D eigenvalue weighted by molar-refractivity contribution is 5.96. The zero-order valence-corrected chi connectivity index (χ0v) is 14.0. The molecule has 1 atom stereocenters. The van der Waals surface area contributed by atoms with Gasteiger partial charge in [0.15, 0.2) is 0 Å². The van der Waals surface area contributed by atoms with E-state index in [0.717, 1.165) is 25.7 Å². The predicted molar refractivity (Wildman–Crippen MR) is 90.3 cm³/mol. The molecule has 1 aromatic rings. The molecular weight excluding hydrogens is 309 g/mol. The van der Waals surface area contributed by atoms with Gasteiger partial charge in [-0.2, -0.15) is 0 Å². The highest BCUT2D eigenvalue weighted by Gasteiger charge is 2.33. The minimum absolute atomic E-state index is 0.0915. The Hall–Kier alpha value is -2.11. The Bertz CT molecular complexity index is 616. The Morgan fingerprint density at radius 1 is 1.29 bits per heavy atom. The van der Waals surface area contributed by atoms with Crippen LogP contribution < -0.4 is 10.2 Å². The van der Waals surface area contributed by atoms with Gasteiger partial charge in [-0.25, -0.2) is 9.18 Å². The van der Waals surface area contributed by atoms with Crippen molar-refractivity contribution in [3.05, 3.63) is 30.1 Å². The van der Waals surface area contributed by atoms with E-state index in [1.54, 1.807) is 17.0 Å². The first kappa shape index (κ1) is 16.7. The number of hydrogen-bond donors (Lipinski definition) is 1. The molecule has 1 aliphatic heterocycles. The Kier molecular flexibility index (Phi) is 5.02. The largest absolute Gasteiger partial charge is 0.333 e. The van der Waals surface area contributed by atoms with Crippen molar-refractivity contribution in [2.24, 2.45) is 0 Å². The SMILES string of the molecule is CN(C(=O)N[C@H]1CC(=O)N(c2cccc(F)c2)C1)C1CCCCC1. The molecule has 2 fully saturated rings. The lowest BCUT2D eigenvalue weighted by atomic mass is 9.95. The van der Waals surface area contributed by atoms with Gasteiger partial charge in [0.05, 0.1) is 6.04 Å². The van der Waals surface area contributed by atoms with Crippen LogP contribution in [0.4, 0.5) is 14.9 Å². The Morgan fingerprint density at radius 3 is 2.75 bits per heavy atom. The van der Waals surface area contributed by atoms with Gasteiger partial charge in [-0.1, -0.05) is 25.3 Å². The fourth-order valence-electron chi connectivity index (χ4n) is 3.61. The summed E-state index contributed by atoms with van der Waals surface area (Å²) >= 11 is 0. The summed E-state index contributed by atoms with van der Waals surface area (Å²) in [5, 5.41) is 2.95. The van der Waals surface area contributed by atoms with E-state index in [0.29, 0.717) is 12.2 Å². The minimum Gasteiger partial charge on any atom is -0.333 e. The van der Waals surface area contributed by atoms with Crippen molar-refractivity contribution in [2.75, 3.05) is 18.5 Å². The van der Waals surface area contributed by atoms with E-state index in [9.17, 15) is 14.0 Å². The monoisotopic (exact) mass is 333 g/mol. The van der Waals surface area contributed by atoms with Gasteiger partial charge in [0.2, 0.25) is 5.91 Å². The molecule has 1 saturated carbocycles. The zero-order chi connectivity index (χ0) is 17.1. The van der Waals surface area contributed by atoms with E-state index in [4.69, 9.17) is 0 Å². The van der Waals surface area contributed by atoms with Gasteiger partial charge in [0.25, 0.3) is 0 Å². The topological polar surface area (TPSA) is 52.7 Å². The highest BCUT2D eigenvalue weighted by atomic mass is 19.1. The number of hydrogen-bond acceptors (Lipinski definition) is 2. The fraction of sp³-hybridized carbons (Fsp3) is 0.556. The van der Waals surface area contributed by atoms with E-state index in [-0.39, 0.29) is 36.3 Å². The van der Waals surface area contributed by atoms with E-state index in [1.165, 1.54) is 23.5 Å². The van der Waals surface area contributed by atoms with E-state index in [2.05, 4.69) is 5.32 Å². The van der Waals surface area contributed by atoms with Gasteiger partial charge < -0.3 is 15.1 Å². The van der Waals surface area contributed by atoms with Crippen LogP contribution in [-0.2, 0) is 4.79 Å². The van der Waals surface area contributed by atoms with Gasteiger partial charge >= 0.3 is 6.03 Å². The molecule has 6 heteroatoms. The first-order valence-corrected chi connectivity index (χ1v) is 8.64. The summed E-state index contributed by atoms with van der Waals surface area (Å²) in [7, 11) is 1.83. The number of anilines is 1. The van der Waals surface area contributed by atoms with Crippen molar-refractivity contribution in [3.8, 4) is 0 Å². The molecular formula is C18H24FN3O2. The molecule has 1 saturated heterocycles. The van der Waals surface area contributed by atoms with E-state index in [1.807, 2.05) is 7.05 Å². The molecule has 0 spiro atoms. The van der Waals surface area contributed by atoms with Gasteiger partial charge in [0.1, 0.15) is 5.82 Å². The summed E-state index contributed by atoms with van der Waals surface area (Å²) in [6.07, 6.45) is 5.91. The summed E-state index contributed by atoms with van der Waals surface area (Å²) in [6.45, 7) is 0.381. The maximum atomic E-state index is 13.4. The second-order valence-electron chi connectivity index (χ2n) is 6.74. The van der Waals surface area contributed by atoms with Crippen molar-refractivity contribution >= 4 is 17.6 Å². The third-order valence-electron chi connectivity index (χ3n) is 5.02. The van der Waals surface area contributed by atoms with Gasteiger partial charge in [-0.15, -0.1) is 0 Å². The van der Waals surface area contributed by atoms with E-state index < -0.39 is 0 Å². The highest BCUT2D eigenvalue weighted by Crippen LogP contribution is 2.24. The molecule has 24 heavy (non-hydrogen) atoms. The average Bonchev–Trinajstić information content (AvgIpc) is 2.95. The summed E-state index contributed by atoms with van der Waals surface area (Å²) in [5.74, 6) is -0.462. The number of nitrogens with one attached hydrogen (secondary N) is 1. The quantitative estimate of drug-likeness (QED) is 0.925. The predicted octanol–water partition coefficient (Wildman–Crippen LogP) is 2.91. The lowest BCUT2D eigenvalue weighted by molar-refractivity contribution is -0.117. The Labute approximate surface area is 141 Å². The smallest absolute Gasteiger partial charge is 0.317 e. The second-order valence-corrected chi connectivity index (χ2v) is 6.74. The number of carbonyl (C=O) groups is 2. The Balaban J connectivity index is 1.58. The number of carbonyl (C=O) groups excluding carboxylic acids is 2. The number of rotatable bonds is 3. The number of halogens is 1. The van der Waals surface area contributed by atoms with Crippen LogP contribution in [0.1, 0.15) is 38.5 Å². The van der Waals surface area contributed by atoms with Crippen molar-refractivity contribution in [1.82, 2.24) is 10.2 Å². The summed E-state index contributed by atoms with van der Waals surface area (Å²) in [6, 6.07) is 5.91. The van der Waals surface area contributed by atoms with Crippen LogP contribution in [0.25, 0.3) is 0 Å². The lowest BCUT2D eigenvalue weighted by Crippen LogP contribution is -2.48. The zero-order valence-electron chi connectivity index (χ0n) is 14.0. The van der Waals surface area contributed by atoms with Crippen LogP contribution in [0.3, 0.4) is 0 Å². The van der Waals surface area contributed by atoms with Crippen molar-refractivity contribution in [1.29, 1.82) is 0 Å². The average molecular weight is 333 g/mol. The molecule has 5 nitrogen and oxygen atoms in total. The molecule has 0 bridgehead atoms. The first-order valence-electron chi connectivity index (χ1n) is 8.64. The molecule has 3 rings (SSSR count). The van der Waals surface area contributed by atoms with Crippen LogP contribution in [0.2, 0.25) is 0 Å². The number of nitrogens with zero attached hydrogens (tertiary/aromatic N) is 2. The maximum absolute atomic E-state index is 13.4. The van der Waals surface area contributed by atoms with Crippen molar-refractivity contribution < 1.29 is 14.0 Å². The molecule has 1 N–H and O–H groups in total. The molecule has 3 amide bonds.